The summed E-state index contributed by atoms with van der Waals surface area (Å²) in [5.74, 6) is 0.0269. The highest BCUT2D eigenvalue weighted by atomic mass is 32.2. The predicted molar refractivity (Wildman–Crippen MR) is 95.3 cm³/mol. The average Bonchev–Trinajstić information content (AvgIpc) is 2.95. The second kappa shape index (κ2) is 6.65. The van der Waals surface area contributed by atoms with E-state index >= 15 is 0 Å². The molecule has 1 amide bonds. The molecule has 5 nitrogen and oxygen atoms in total. The van der Waals surface area contributed by atoms with E-state index in [0.29, 0.717) is 17.7 Å². The largest absolute Gasteiger partial charge is 0.355 e. The van der Waals surface area contributed by atoms with Gasteiger partial charge < -0.3 is 10.2 Å². The number of hydrogen-bond acceptors (Lipinski definition) is 4. The molecule has 0 saturated carbocycles. The molecule has 0 aliphatic carbocycles. The van der Waals surface area contributed by atoms with Crippen molar-refractivity contribution in [3.8, 4) is 0 Å². The van der Waals surface area contributed by atoms with Gasteiger partial charge in [-0.2, -0.15) is 0 Å². The fourth-order valence-corrected chi connectivity index (χ4v) is 4.67. The van der Waals surface area contributed by atoms with Gasteiger partial charge in [0.1, 0.15) is 0 Å². The summed E-state index contributed by atoms with van der Waals surface area (Å²) in [5, 5.41) is 3.25. The molecule has 1 aliphatic rings. The summed E-state index contributed by atoms with van der Waals surface area (Å²) in [6.45, 7) is 0. The third-order valence-electron chi connectivity index (χ3n) is 4.29. The van der Waals surface area contributed by atoms with Gasteiger partial charge in [-0.1, -0.05) is 30.3 Å². The monoisotopic (exact) mass is 344 g/mol. The van der Waals surface area contributed by atoms with Crippen molar-refractivity contribution in [2.24, 2.45) is 0 Å². The van der Waals surface area contributed by atoms with Crippen LogP contribution >= 0.6 is 0 Å². The molecule has 1 heterocycles. The molecule has 1 aliphatic heterocycles. The van der Waals surface area contributed by atoms with E-state index in [0.717, 1.165) is 5.69 Å². The number of rotatable bonds is 4. The van der Waals surface area contributed by atoms with Gasteiger partial charge in [-0.05, 0) is 30.7 Å². The van der Waals surface area contributed by atoms with Crippen LogP contribution in [0.2, 0.25) is 0 Å². The molecule has 2 aromatic carbocycles. The first-order valence-electron chi connectivity index (χ1n) is 7.85. The summed E-state index contributed by atoms with van der Waals surface area (Å²) in [5.41, 5.74) is 2.14. The summed E-state index contributed by atoms with van der Waals surface area (Å²) in [7, 11) is -1.35. The maximum absolute atomic E-state index is 12.8. The van der Waals surface area contributed by atoms with Gasteiger partial charge in [-0.25, -0.2) is 8.42 Å². The van der Waals surface area contributed by atoms with Gasteiger partial charge in [-0.3, -0.25) is 4.79 Å². The number of nitrogens with zero attached hydrogens (tertiary/aromatic N) is 1. The van der Waals surface area contributed by atoms with Crippen molar-refractivity contribution >= 4 is 27.1 Å². The van der Waals surface area contributed by atoms with E-state index in [1.54, 1.807) is 18.0 Å². The fraction of sp³-hybridized carbons (Fsp3) is 0.278. The molecule has 3 rings (SSSR count). The lowest BCUT2D eigenvalue weighted by Gasteiger charge is -2.24. The zero-order chi connectivity index (χ0) is 17.2. The standard InChI is InChI=1S/C18H20N2O3S/c1-20(15-11-12-24(22,23)13-15)18(21)16-9-5-6-10-17(16)19-14-7-3-2-4-8-14/h2-10,15,19H,11-13H2,1H3/t15-/m1/s1. The highest BCUT2D eigenvalue weighted by molar-refractivity contribution is 7.91. The number of hydrogen-bond donors (Lipinski definition) is 1. The van der Waals surface area contributed by atoms with Crippen LogP contribution in [-0.4, -0.2) is 43.8 Å². The van der Waals surface area contributed by atoms with Crippen LogP contribution < -0.4 is 5.32 Å². The summed E-state index contributed by atoms with van der Waals surface area (Å²) in [4.78, 5) is 14.4. The molecule has 24 heavy (non-hydrogen) atoms. The molecule has 126 valence electrons. The molecule has 1 fully saturated rings. The minimum absolute atomic E-state index is 0.0452. The van der Waals surface area contributed by atoms with Crippen LogP contribution in [0, 0.1) is 0 Å². The normalized spacial score (nSPS) is 19.0. The molecule has 1 saturated heterocycles. The van der Waals surface area contributed by atoms with Crippen molar-refractivity contribution < 1.29 is 13.2 Å². The van der Waals surface area contributed by atoms with Gasteiger partial charge in [-0.15, -0.1) is 0 Å². The van der Waals surface area contributed by atoms with Gasteiger partial charge in [0.15, 0.2) is 9.84 Å². The van der Waals surface area contributed by atoms with Crippen molar-refractivity contribution in [1.29, 1.82) is 0 Å². The van der Waals surface area contributed by atoms with Crippen molar-refractivity contribution in [3.05, 3.63) is 60.2 Å². The second-order valence-electron chi connectivity index (χ2n) is 6.01. The number of nitrogens with one attached hydrogen (secondary N) is 1. The van der Waals surface area contributed by atoms with Crippen molar-refractivity contribution in [2.75, 3.05) is 23.9 Å². The van der Waals surface area contributed by atoms with Gasteiger partial charge in [0.25, 0.3) is 5.91 Å². The molecule has 1 atom stereocenters. The second-order valence-corrected chi connectivity index (χ2v) is 8.24. The zero-order valence-electron chi connectivity index (χ0n) is 13.5. The van der Waals surface area contributed by atoms with E-state index in [9.17, 15) is 13.2 Å². The molecule has 0 unspecified atom stereocenters. The van der Waals surface area contributed by atoms with Crippen molar-refractivity contribution in [1.82, 2.24) is 4.90 Å². The Morgan fingerprint density at radius 3 is 2.42 bits per heavy atom. The Kier molecular flexibility index (Phi) is 4.57. The molecule has 1 N–H and O–H groups in total. The number of amides is 1. The molecule has 0 aromatic heterocycles. The first kappa shape index (κ1) is 16.5. The number of carbonyl (C=O) groups excluding carboxylic acids is 1. The quantitative estimate of drug-likeness (QED) is 0.926. The smallest absolute Gasteiger partial charge is 0.255 e. The van der Waals surface area contributed by atoms with Crippen LogP contribution in [0.3, 0.4) is 0 Å². The highest BCUT2D eigenvalue weighted by Gasteiger charge is 2.33. The first-order chi connectivity index (χ1) is 11.5. The molecular formula is C18H20N2O3S. The Labute approximate surface area is 142 Å². The van der Waals surface area contributed by atoms with Gasteiger partial charge in [0.05, 0.1) is 22.8 Å². The lowest BCUT2D eigenvalue weighted by Crippen LogP contribution is -2.38. The van der Waals surface area contributed by atoms with Gasteiger partial charge in [0, 0.05) is 18.8 Å². The number of benzene rings is 2. The zero-order valence-corrected chi connectivity index (χ0v) is 14.3. The average molecular weight is 344 g/mol. The minimum Gasteiger partial charge on any atom is -0.355 e. The third kappa shape index (κ3) is 3.59. The molecule has 0 spiro atoms. The van der Waals surface area contributed by atoms with Crippen molar-refractivity contribution in [3.63, 3.8) is 0 Å². The Bertz CT molecular complexity index is 834. The van der Waals surface area contributed by atoms with E-state index in [1.165, 1.54) is 0 Å². The van der Waals surface area contributed by atoms with E-state index < -0.39 is 9.84 Å². The Morgan fingerprint density at radius 2 is 1.75 bits per heavy atom. The lowest BCUT2D eigenvalue weighted by atomic mass is 10.1. The summed E-state index contributed by atoms with van der Waals surface area (Å²) in [6, 6.07) is 16.6. The molecule has 0 radical (unpaired) electrons. The van der Waals surface area contributed by atoms with Crippen LogP contribution in [-0.2, 0) is 9.84 Å². The van der Waals surface area contributed by atoms with Crippen LogP contribution in [0.5, 0.6) is 0 Å². The maximum Gasteiger partial charge on any atom is 0.255 e. The van der Waals surface area contributed by atoms with Crippen LogP contribution in [0.15, 0.2) is 54.6 Å². The fourth-order valence-electron chi connectivity index (χ4n) is 2.89. The Morgan fingerprint density at radius 1 is 1.08 bits per heavy atom. The number of para-hydroxylation sites is 2. The number of anilines is 2. The molecule has 0 bridgehead atoms. The predicted octanol–water partition coefficient (Wildman–Crippen LogP) is 2.69. The summed E-state index contributed by atoms with van der Waals surface area (Å²) in [6.07, 6.45) is 0.499. The van der Waals surface area contributed by atoms with E-state index in [1.807, 2.05) is 48.5 Å². The van der Waals surface area contributed by atoms with Crippen LogP contribution in [0.1, 0.15) is 16.8 Å². The third-order valence-corrected chi connectivity index (χ3v) is 6.04. The first-order valence-corrected chi connectivity index (χ1v) is 9.67. The summed E-state index contributed by atoms with van der Waals surface area (Å²) < 4.78 is 23.3. The van der Waals surface area contributed by atoms with E-state index in [-0.39, 0.29) is 23.5 Å². The topological polar surface area (TPSA) is 66.5 Å². The van der Waals surface area contributed by atoms with Gasteiger partial charge >= 0.3 is 0 Å². The van der Waals surface area contributed by atoms with Crippen LogP contribution in [0.4, 0.5) is 11.4 Å². The van der Waals surface area contributed by atoms with Crippen molar-refractivity contribution in [2.45, 2.75) is 12.5 Å². The van der Waals surface area contributed by atoms with Crippen LogP contribution in [0.25, 0.3) is 0 Å². The Hall–Kier alpha value is -2.34. The Balaban J connectivity index is 1.82. The van der Waals surface area contributed by atoms with Gasteiger partial charge in [0.2, 0.25) is 0 Å². The molecular weight excluding hydrogens is 324 g/mol. The van der Waals surface area contributed by atoms with E-state index in [2.05, 4.69) is 5.32 Å². The lowest BCUT2D eigenvalue weighted by molar-refractivity contribution is 0.0748. The maximum atomic E-state index is 12.8. The molecule has 2 aromatic rings. The number of sulfone groups is 1. The minimum atomic E-state index is -3.02. The highest BCUT2D eigenvalue weighted by Crippen LogP contribution is 2.24. The number of carbonyl (C=O) groups is 1. The molecule has 6 heteroatoms. The summed E-state index contributed by atoms with van der Waals surface area (Å²) >= 11 is 0. The van der Waals surface area contributed by atoms with E-state index in [4.69, 9.17) is 0 Å². The SMILES string of the molecule is CN(C(=O)c1ccccc1Nc1ccccc1)[C@@H]1CCS(=O)(=O)C1.